The molecule has 0 heterocycles. The SMILES string of the molecule is CC(C)=C1C=CC2CC(=O)C12. The number of carbonyl (C=O) groups is 1. The molecule has 1 saturated carbocycles. The standard InChI is InChI=1S/C10H12O/c1-6(2)8-4-3-7-5-9(11)10(7)8/h3-4,7,10H,5H2,1-2H3. The Labute approximate surface area is 66.8 Å². The van der Waals surface area contributed by atoms with Crippen LogP contribution in [0.1, 0.15) is 20.3 Å². The lowest BCUT2D eigenvalue weighted by molar-refractivity contribution is -0.129. The first kappa shape index (κ1) is 6.84. The summed E-state index contributed by atoms with van der Waals surface area (Å²) >= 11 is 0. The van der Waals surface area contributed by atoms with Crippen LogP contribution in [0.15, 0.2) is 23.3 Å². The number of carbonyl (C=O) groups excluding carboxylic acids is 1. The molecule has 2 atom stereocenters. The van der Waals surface area contributed by atoms with Gasteiger partial charge in [0.05, 0.1) is 0 Å². The molecule has 2 aliphatic rings. The highest BCUT2D eigenvalue weighted by atomic mass is 16.1. The minimum atomic E-state index is 0.250. The van der Waals surface area contributed by atoms with Crippen LogP contribution in [0.5, 0.6) is 0 Å². The maximum atomic E-state index is 11.2. The first-order valence-corrected chi connectivity index (χ1v) is 4.08. The summed E-state index contributed by atoms with van der Waals surface area (Å²) in [6, 6.07) is 0. The van der Waals surface area contributed by atoms with E-state index in [0.717, 1.165) is 6.42 Å². The van der Waals surface area contributed by atoms with E-state index in [1.165, 1.54) is 11.1 Å². The number of ketones is 1. The number of fused-ring (bicyclic) bond motifs is 1. The average molecular weight is 148 g/mol. The molecule has 0 aliphatic heterocycles. The van der Waals surface area contributed by atoms with Gasteiger partial charge in [0.15, 0.2) is 0 Å². The Morgan fingerprint density at radius 2 is 2.27 bits per heavy atom. The maximum absolute atomic E-state index is 11.2. The zero-order valence-corrected chi connectivity index (χ0v) is 6.92. The predicted octanol–water partition coefficient (Wildman–Crippen LogP) is 2.10. The lowest BCUT2D eigenvalue weighted by Crippen LogP contribution is -2.34. The van der Waals surface area contributed by atoms with Gasteiger partial charge >= 0.3 is 0 Å². The van der Waals surface area contributed by atoms with Crippen molar-refractivity contribution >= 4 is 5.78 Å². The van der Waals surface area contributed by atoms with Crippen LogP contribution in [0.4, 0.5) is 0 Å². The number of allylic oxidation sites excluding steroid dienone is 4. The van der Waals surface area contributed by atoms with E-state index in [1.54, 1.807) is 0 Å². The van der Waals surface area contributed by atoms with E-state index >= 15 is 0 Å². The van der Waals surface area contributed by atoms with Gasteiger partial charge in [-0.25, -0.2) is 0 Å². The Kier molecular flexibility index (Phi) is 1.28. The second-order valence-electron chi connectivity index (χ2n) is 3.63. The zero-order valence-electron chi connectivity index (χ0n) is 6.92. The van der Waals surface area contributed by atoms with Gasteiger partial charge in [-0.05, 0) is 25.3 Å². The van der Waals surface area contributed by atoms with Crippen LogP contribution in [0, 0.1) is 11.8 Å². The Bertz CT molecular complexity index is 267. The van der Waals surface area contributed by atoms with Crippen molar-refractivity contribution in [3.8, 4) is 0 Å². The van der Waals surface area contributed by atoms with E-state index in [2.05, 4.69) is 26.0 Å². The van der Waals surface area contributed by atoms with Crippen molar-refractivity contribution in [2.45, 2.75) is 20.3 Å². The van der Waals surface area contributed by atoms with E-state index in [0.29, 0.717) is 11.7 Å². The van der Waals surface area contributed by atoms with Gasteiger partial charge in [0.2, 0.25) is 0 Å². The molecule has 0 aromatic carbocycles. The highest BCUT2D eigenvalue weighted by molar-refractivity contribution is 5.92. The van der Waals surface area contributed by atoms with E-state index in [9.17, 15) is 4.79 Å². The molecule has 58 valence electrons. The predicted molar refractivity (Wildman–Crippen MR) is 44.1 cm³/mol. The number of hydrogen-bond donors (Lipinski definition) is 0. The molecule has 2 rings (SSSR count). The largest absolute Gasteiger partial charge is 0.299 e. The Morgan fingerprint density at radius 1 is 1.55 bits per heavy atom. The van der Waals surface area contributed by atoms with Crippen LogP contribution in [0.25, 0.3) is 0 Å². The molecule has 1 heteroatoms. The van der Waals surface area contributed by atoms with Gasteiger partial charge in [-0.3, -0.25) is 4.79 Å². The first-order valence-electron chi connectivity index (χ1n) is 4.08. The monoisotopic (exact) mass is 148 g/mol. The van der Waals surface area contributed by atoms with Gasteiger partial charge in [-0.15, -0.1) is 0 Å². The van der Waals surface area contributed by atoms with Crippen molar-refractivity contribution in [1.29, 1.82) is 0 Å². The molecule has 0 bridgehead atoms. The fraction of sp³-hybridized carbons (Fsp3) is 0.500. The van der Waals surface area contributed by atoms with Crippen molar-refractivity contribution < 1.29 is 4.79 Å². The molecule has 0 saturated heterocycles. The molecule has 1 fully saturated rings. The summed E-state index contributed by atoms with van der Waals surface area (Å²) in [5, 5.41) is 0. The molecule has 0 N–H and O–H groups in total. The summed E-state index contributed by atoms with van der Waals surface area (Å²) in [6.07, 6.45) is 5.07. The van der Waals surface area contributed by atoms with E-state index < -0.39 is 0 Å². The second kappa shape index (κ2) is 2.07. The third-order valence-corrected chi connectivity index (χ3v) is 2.65. The van der Waals surface area contributed by atoms with Crippen molar-refractivity contribution in [3.63, 3.8) is 0 Å². The lowest BCUT2D eigenvalue weighted by Gasteiger charge is -2.29. The Balaban J connectivity index is 2.34. The summed E-state index contributed by atoms with van der Waals surface area (Å²) in [5.41, 5.74) is 2.56. The van der Waals surface area contributed by atoms with E-state index in [-0.39, 0.29) is 5.92 Å². The molecule has 2 unspecified atom stereocenters. The van der Waals surface area contributed by atoms with Gasteiger partial charge in [-0.2, -0.15) is 0 Å². The summed E-state index contributed by atoms with van der Waals surface area (Å²) < 4.78 is 0. The molecular formula is C10H12O. The summed E-state index contributed by atoms with van der Waals surface area (Å²) in [7, 11) is 0. The minimum absolute atomic E-state index is 0.250. The third-order valence-electron chi connectivity index (χ3n) is 2.65. The molecular weight excluding hydrogens is 136 g/mol. The van der Waals surface area contributed by atoms with Crippen molar-refractivity contribution in [2.75, 3.05) is 0 Å². The van der Waals surface area contributed by atoms with Gasteiger partial charge in [0, 0.05) is 12.3 Å². The smallest absolute Gasteiger partial charge is 0.141 e. The van der Waals surface area contributed by atoms with Crippen LogP contribution < -0.4 is 0 Å². The highest BCUT2D eigenvalue weighted by Gasteiger charge is 2.42. The van der Waals surface area contributed by atoms with Crippen LogP contribution >= 0.6 is 0 Å². The molecule has 11 heavy (non-hydrogen) atoms. The van der Waals surface area contributed by atoms with Crippen molar-refractivity contribution in [3.05, 3.63) is 23.3 Å². The molecule has 0 aromatic heterocycles. The summed E-state index contributed by atoms with van der Waals surface area (Å²) in [5.74, 6) is 1.23. The molecule has 0 amide bonds. The topological polar surface area (TPSA) is 17.1 Å². The maximum Gasteiger partial charge on any atom is 0.141 e. The molecule has 2 aliphatic carbocycles. The summed E-state index contributed by atoms with van der Waals surface area (Å²) in [4.78, 5) is 11.2. The Hall–Kier alpha value is -0.850. The van der Waals surface area contributed by atoms with Gasteiger partial charge in [0.1, 0.15) is 5.78 Å². The van der Waals surface area contributed by atoms with Gasteiger partial charge in [-0.1, -0.05) is 17.7 Å². The Morgan fingerprint density at radius 3 is 2.73 bits per heavy atom. The highest BCUT2D eigenvalue weighted by Crippen LogP contribution is 2.43. The van der Waals surface area contributed by atoms with Crippen LogP contribution in [-0.2, 0) is 4.79 Å². The number of hydrogen-bond acceptors (Lipinski definition) is 1. The van der Waals surface area contributed by atoms with Crippen molar-refractivity contribution in [2.24, 2.45) is 11.8 Å². The van der Waals surface area contributed by atoms with Crippen LogP contribution in [-0.4, -0.2) is 5.78 Å². The lowest BCUT2D eigenvalue weighted by atomic mass is 9.72. The average Bonchev–Trinajstić information content (AvgIpc) is 2.25. The fourth-order valence-corrected chi connectivity index (χ4v) is 1.95. The molecule has 0 radical (unpaired) electrons. The first-order chi connectivity index (χ1) is 5.20. The van der Waals surface area contributed by atoms with Gasteiger partial charge < -0.3 is 0 Å². The molecule has 0 aromatic rings. The molecule has 0 spiro atoms. The van der Waals surface area contributed by atoms with Crippen LogP contribution in [0.3, 0.4) is 0 Å². The minimum Gasteiger partial charge on any atom is -0.299 e. The third kappa shape index (κ3) is 0.802. The number of rotatable bonds is 0. The molecule has 1 nitrogen and oxygen atoms in total. The van der Waals surface area contributed by atoms with E-state index in [4.69, 9.17) is 0 Å². The van der Waals surface area contributed by atoms with Crippen LogP contribution in [0.2, 0.25) is 0 Å². The van der Waals surface area contributed by atoms with E-state index in [1.807, 2.05) is 0 Å². The second-order valence-corrected chi connectivity index (χ2v) is 3.63. The number of Topliss-reactive ketones (excluding diaryl/α,β-unsaturated/α-hetero) is 1. The van der Waals surface area contributed by atoms with Gasteiger partial charge in [0.25, 0.3) is 0 Å². The normalized spacial score (nSPS) is 33.6. The zero-order chi connectivity index (χ0) is 8.01. The quantitative estimate of drug-likeness (QED) is 0.514. The van der Waals surface area contributed by atoms with Crippen molar-refractivity contribution in [1.82, 2.24) is 0 Å². The summed E-state index contributed by atoms with van der Waals surface area (Å²) in [6.45, 7) is 4.15. The fourth-order valence-electron chi connectivity index (χ4n) is 1.95.